The predicted molar refractivity (Wildman–Crippen MR) is 112 cm³/mol. The van der Waals surface area contributed by atoms with Gasteiger partial charge in [-0.15, -0.1) is 0 Å². The summed E-state index contributed by atoms with van der Waals surface area (Å²) in [6.45, 7) is 2.42. The van der Waals surface area contributed by atoms with Gasteiger partial charge < -0.3 is 14.5 Å². The topological polar surface area (TPSA) is 72.9 Å². The number of aromatic nitrogens is 4. The molecule has 0 spiro atoms. The molecule has 4 rings (SSSR count). The Morgan fingerprint density at radius 1 is 1.00 bits per heavy atom. The summed E-state index contributed by atoms with van der Waals surface area (Å²) >= 11 is 5.85. The van der Waals surface area contributed by atoms with Gasteiger partial charge in [-0.3, -0.25) is 4.98 Å². The Morgan fingerprint density at radius 3 is 2.66 bits per heavy atom. The van der Waals surface area contributed by atoms with Crippen molar-refractivity contribution in [1.82, 2.24) is 19.9 Å². The second kappa shape index (κ2) is 8.32. The zero-order chi connectivity index (χ0) is 20.2. The standard InChI is InChI=1S/C22H19ClN4O2/c1-14-7-8-24-16(9-14)13-29-17-4-5-18(20(10-17)28-2)19-12-26-22(27-19)15-3-6-21(23)25-11-15/h3-12H,13H2,1-2H3,(H,26,27). The van der Waals surface area contributed by atoms with Gasteiger partial charge in [0.2, 0.25) is 0 Å². The van der Waals surface area contributed by atoms with Crippen LogP contribution in [-0.4, -0.2) is 27.0 Å². The maximum absolute atomic E-state index is 5.88. The van der Waals surface area contributed by atoms with E-state index in [1.807, 2.05) is 43.3 Å². The number of aromatic amines is 1. The van der Waals surface area contributed by atoms with Crippen LogP contribution in [0, 0.1) is 6.92 Å². The molecular weight excluding hydrogens is 388 g/mol. The van der Waals surface area contributed by atoms with Crippen molar-refractivity contribution < 1.29 is 9.47 Å². The van der Waals surface area contributed by atoms with Crippen LogP contribution in [0.25, 0.3) is 22.6 Å². The molecule has 0 saturated heterocycles. The molecule has 7 heteroatoms. The normalized spacial score (nSPS) is 10.7. The SMILES string of the molecule is COc1cc(OCc2cc(C)ccn2)ccc1-c1cnc(-c2ccc(Cl)nc2)[nH]1. The van der Waals surface area contributed by atoms with E-state index in [2.05, 4.69) is 19.9 Å². The van der Waals surface area contributed by atoms with Crippen LogP contribution in [0.1, 0.15) is 11.3 Å². The first-order valence-corrected chi connectivity index (χ1v) is 9.40. The fourth-order valence-corrected chi connectivity index (χ4v) is 3.05. The molecule has 0 saturated carbocycles. The van der Waals surface area contributed by atoms with E-state index in [-0.39, 0.29) is 0 Å². The van der Waals surface area contributed by atoms with Gasteiger partial charge in [-0.05, 0) is 48.9 Å². The van der Waals surface area contributed by atoms with E-state index in [9.17, 15) is 0 Å². The molecule has 0 amide bonds. The number of halogens is 1. The summed E-state index contributed by atoms with van der Waals surface area (Å²) in [5.41, 5.74) is 4.60. The predicted octanol–water partition coefficient (Wildman–Crippen LogP) is 5.08. The Morgan fingerprint density at radius 2 is 1.90 bits per heavy atom. The average Bonchev–Trinajstić information content (AvgIpc) is 3.22. The number of ether oxygens (including phenoxy) is 2. The van der Waals surface area contributed by atoms with Crippen molar-refractivity contribution >= 4 is 11.6 Å². The van der Waals surface area contributed by atoms with Crippen LogP contribution in [0.3, 0.4) is 0 Å². The highest BCUT2D eigenvalue weighted by molar-refractivity contribution is 6.29. The molecular formula is C22H19ClN4O2. The van der Waals surface area contributed by atoms with E-state index in [1.165, 1.54) is 0 Å². The fraction of sp³-hybridized carbons (Fsp3) is 0.136. The van der Waals surface area contributed by atoms with Crippen molar-refractivity contribution in [2.24, 2.45) is 0 Å². The van der Waals surface area contributed by atoms with E-state index in [1.54, 1.807) is 31.8 Å². The second-order valence-corrected chi connectivity index (χ2v) is 6.88. The lowest BCUT2D eigenvalue weighted by Gasteiger charge is -2.11. The Balaban J connectivity index is 1.54. The maximum Gasteiger partial charge on any atom is 0.139 e. The first-order valence-electron chi connectivity index (χ1n) is 9.02. The molecule has 4 aromatic rings. The minimum atomic E-state index is 0.391. The fourth-order valence-electron chi connectivity index (χ4n) is 2.94. The lowest BCUT2D eigenvalue weighted by Crippen LogP contribution is -1.99. The van der Waals surface area contributed by atoms with Crippen LogP contribution in [-0.2, 0) is 6.61 Å². The minimum absolute atomic E-state index is 0.391. The van der Waals surface area contributed by atoms with Gasteiger partial charge in [-0.2, -0.15) is 0 Å². The Bertz CT molecular complexity index is 1130. The largest absolute Gasteiger partial charge is 0.496 e. The Labute approximate surface area is 173 Å². The Hall–Kier alpha value is -3.38. The third kappa shape index (κ3) is 4.38. The number of hydrogen-bond acceptors (Lipinski definition) is 5. The molecule has 6 nitrogen and oxygen atoms in total. The van der Waals surface area contributed by atoms with Crippen molar-refractivity contribution in [2.45, 2.75) is 13.5 Å². The smallest absolute Gasteiger partial charge is 0.139 e. The van der Waals surface area contributed by atoms with E-state index in [0.717, 1.165) is 28.1 Å². The number of H-pyrrole nitrogens is 1. The molecule has 0 bridgehead atoms. The van der Waals surface area contributed by atoms with Gasteiger partial charge in [0.25, 0.3) is 0 Å². The molecule has 1 N–H and O–H groups in total. The first kappa shape index (κ1) is 19.0. The number of hydrogen-bond donors (Lipinski definition) is 1. The molecule has 0 aliphatic heterocycles. The van der Waals surface area contributed by atoms with E-state index >= 15 is 0 Å². The first-order chi connectivity index (χ1) is 14.1. The van der Waals surface area contributed by atoms with Crippen LogP contribution in [0.4, 0.5) is 0 Å². The maximum atomic E-state index is 5.88. The van der Waals surface area contributed by atoms with Gasteiger partial charge in [0.1, 0.15) is 29.1 Å². The van der Waals surface area contributed by atoms with Crippen LogP contribution < -0.4 is 9.47 Å². The third-order valence-corrected chi connectivity index (χ3v) is 4.62. The molecule has 146 valence electrons. The summed E-state index contributed by atoms with van der Waals surface area (Å²) in [5, 5.41) is 0.443. The molecule has 3 heterocycles. The van der Waals surface area contributed by atoms with E-state index in [4.69, 9.17) is 21.1 Å². The van der Waals surface area contributed by atoms with Crippen molar-refractivity contribution in [3.05, 3.63) is 77.5 Å². The summed E-state index contributed by atoms with van der Waals surface area (Å²) in [4.78, 5) is 16.1. The summed E-state index contributed by atoms with van der Waals surface area (Å²) in [6.07, 6.45) is 5.22. The third-order valence-electron chi connectivity index (χ3n) is 4.40. The van der Waals surface area contributed by atoms with Crippen molar-refractivity contribution in [3.8, 4) is 34.1 Å². The quantitative estimate of drug-likeness (QED) is 0.452. The monoisotopic (exact) mass is 406 g/mol. The van der Waals surface area contributed by atoms with Crippen molar-refractivity contribution in [3.63, 3.8) is 0 Å². The van der Waals surface area contributed by atoms with Gasteiger partial charge in [0.15, 0.2) is 0 Å². The molecule has 29 heavy (non-hydrogen) atoms. The summed E-state index contributed by atoms with van der Waals surface area (Å²) < 4.78 is 11.4. The molecule has 0 aliphatic rings. The number of methoxy groups -OCH3 is 1. The van der Waals surface area contributed by atoms with E-state index < -0.39 is 0 Å². The lowest BCUT2D eigenvalue weighted by atomic mass is 10.1. The number of nitrogens with one attached hydrogen (secondary N) is 1. The summed E-state index contributed by atoms with van der Waals surface area (Å²) in [7, 11) is 1.63. The minimum Gasteiger partial charge on any atom is -0.496 e. The molecule has 0 unspecified atom stereocenters. The van der Waals surface area contributed by atoms with Gasteiger partial charge in [-0.1, -0.05) is 11.6 Å². The number of rotatable bonds is 6. The molecule has 0 radical (unpaired) electrons. The molecule has 3 aromatic heterocycles. The summed E-state index contributed by atoms with van der Waals surface area (Å²) in [6, 6.07) is 13.3. The number of aryl methyl sites for hydroxylation is 1. The van der Waals surface area contributed by atoms with Gasteiger partial charge in [0.05, 0.1) is 24.7 Å². The lowest BCUT2D eigenvalue weighted by molar-refractivity contribution is 0.299. The van der Waals surface area contributed by atoms with Gasteiger partial charge in [-0.25, -0.2) is 9.97 Å². The molecule has 0 aliphatic carbocycles. The van der Waals surface area contributed by atoms with E-state index in [0.29, 0.717) is 29.1 Å². The Kier molecular flexibility index (Phi) is 5.44. The highest BCUT2D eigenvalue weighted by atomic mass is 35.5. The summed E-state index contributed by atoms with van der Waals surface area (Å²) in [5.74, 6) is 2.09. The van der Waals surface area contributed by atoms with Crippen LogP contribution in [0.2, 0.25) is 5.15 Å². The van der Waals surface area contributed by atoms with Crippen LogP contribution in [0.15, 0.2) is 61.1 Å². The number of pyridine rings is 2. The second-order valence-electron chi connectivity index (χ2n) is 6.49. The molecule has 0 atom stereocenters. The van der Waals surface area contributed by atoms with Gasteiger partial charge in [0, 0.05) is 29.6 Å². The van der Waals surface area contributed by atoms with Gasteiger partial charge >= 0.3 is 0 Å². The molecule has 0 fully saturated rings. The van der Waals surface area contributed by atoms with Crippen molar-refractivity contribution in [2.75, 3.05) is 7.11 Å². The van der Waals surface area contributed by atoms with Crippen molar-refractivity contribution in [1.29, 1.82) is 0 Å². The number of imidazole rings is 1. The van der Waals surface area contributed by atoms with Crippen LogP contribution >= 0.6 is 11.6 Å². The molecule has 1 aromatic carbocycles. The highest BCUT2D eigenvalue weighted by Crippen LogP contribution is 2.33. The number of benzene rings is 1. The highest BCUT2D eigenvalue weighted by Gasteiger charge is 2.12. The zero-order valence-corrected chi connectivity index (χ0v) is 16.8. The zero-order valence-electron chi connectivity index (χ0n) is 16.0. The number of nitrogens with zero attached hydrogens (tertiary/aromatic N) is 3. The van der Waals surface area contributed by atoms with Crippen LogP contribution in [0.5, 0.6) is 11.5 Å². The average molecular weight is 407 g/mol.